The second kappa shape index (κ2) is 5.95. The molecular formula is C16H20N4S. The molecule has 1 N–H and O–H groups in total. The lowest BCUT2D eigenvalue weighted by molar-refractivity contribution is 0.370. The molecule has 21 heavy (non-hydrogen) atoms. The molecule has 3 aromatic rings. The van der Waals surface area contributed by atoms with Gasteiger partial charge in [-0.3, -0.25) is 9.72 Å². The normalized spacial score (nSPS) is 14.7. The van der Waals surface area contributed by atoms with Gasteiger partial charge in [0.1, 0.15) is 0 Å². The van der Waals surface area contributed by atoms with Gasteiger partial charge < -0.3 is 0 Å². The van der Waals surface area contributed by atoms with E-state index in [4.69, 9.17) is 0 Å². The van der Waals surface area contributed by atoms with Gasteiger partial charge in [-0.15, -0.1) is 21.5 Å². The number of rotatable bonds is 5. The Bertz CT molecular complexity index is 702. The Labute approximate surface area is 128 Å². The van der Waals surface area contributed by atoms with E-state index in [1.807, 2.05) is 28.8 Å². The lowest BCUT2D eigenvalue weighted by Gasteiger charge is -2.25. The van der Waals surface area contributed by atoms with Crippen LogP contribution in [0.1, 0.15) is 43.6 Å². The zero-order valence-corrected chi connectivity index (χ0v) is 13.3. The van der Waals surface area contributed by atoms with Gasteiger partial charge in [0.05, 0.1) is 6.04 Å². The summed E-state index contributed by atoms with van der Waals surface area (Å²) < 4.78 is 2.05. The van der Waals surface area contributed by atoms with Crippen molar-refractivity contribution in [2.75, 3.05) is 0 Å². The number of fused-ring (bicyclic) bond motifs is 1. The maximum Gasteiger partial charge on any atom is 0.160 e. The minimum Gasteiger partial charge on any atom is -0.300 e. The van der Waals surface area contributed by atoms with Gasteiger partial charge in [0, 0.05) is 17.1 Å². The van der Waals surface area contributed by atoms with Crippen molar-refractivity contribution in [2.24, 2.45) is 5.92 Å². The van der Waals surface area contributed by atoms with E-state index in [1.54, 1.807) is 11.3 Å². The molecular weight excluding hydrogens is 280 g/mol. The highest BCUT2D eigenvalue weighted by Crippen LogP contribution is 2.28. The van der Waals surface area contributed by atoms with Crippen LogP contribution in [0.5, 0.6) is 0 Å². The molecule has 0 amide bonds. The van der Waals surface area contributed by atoms with E-state index in [0.29, 0.717) is 12.0 Å². The lowest BCUT2D eigenvalue weighted by atomic mass is 10.0. The summed E-state index contributed by atoms with van der Waals surface area (Å²) in [6.45, 7) is 6.63. The van der Waals surface area contributed by atoms with Crippen molar-refractivity contribution in [3.63, 3.8) is 0 Å². The van der Waals surface area contributed by atoms with E-state index >= 15 is 0 Å². The highest BCUT2D eigenvalue weighted by atomic mass is 32.1. The second-order valence-corrected chi connectivity index (χ2v) is 6.59. The average Bonchev–Trinajstić information content (AvgIpc) is 3.13. The Morgan fingerprint density at radius 1 is 1.10 bits per heavy atom. The minimum atomic E-state index is 0.136. The Kier molecular flexibility index (Phi) is 4.03. The first-order valence-electron chi connectivity index (χ1n) is 7.26. The summed E-state index contributed by atoms with van der Waals surface area (Å²) >= 11 is 1.80. The molecule has 0 fully saturated rings. The molecule has 0 saturated heterocycles. The van der Waals surface area contributed by atoms with Crippen molar-refractivity contribution >= 4 is 17.0 Å². The third kappa shape index (κ3) is 2.84. The molecule has 0 aliphatic rings. The van der Waals surface area contributed by atoms with Crippen LogP contribution in [0.25, 0.3) is 5.65 Å². The van der Waals surface area contributed by atoms with Crippen LogP contribution in [-0.2, 0) is 0 Å². The zero-order chi connectivity index (χ0) is 14.8. The molecule has 3 aromatic heterocycles. The van der Waals surface area contributed by atoms with Gasteiger partial charge in [-0.2, -0.15) is 0 Å². The molecule has 2 unspecified atom stereocenters. The van der Waals surface area contributed by atoms with Gasteiger partial charge in [0.2, 0.25) is 0 Å². The summed E-state index contributed by atoms with van der Waals surface area (Å²) in [6.07, 6.45) is 2.01. The Morgan fingerprint density at radius 3 is 2.67 bits per heavy atom. The number of pyridine rings is 1. The van der Waals surface area contributed by atoms with Crippen molar-refractivity contribution in [2.45, 2.75) is 32.9 Å². The molecule has 0 spiro atoms. The van der Waals surface area contributed by atoms with Crippen LogP contribution in [0.3, 0.4) is 0 Å². The van der Waals surface area contributed by atoms with Crippen molar-refractivity contribution in [3.05, 3.63) is 52.6 Å². The third-order valence-electron chi connectivity index (χ3n) is 3.67. The highest BCUT2D eigenvalue weighted by Gasteiger charge is 2.22. The third-order valence-corrected chi connectivity index (χ3v) is 4.63. The van der Waals surface area contributed by atoms with E-state index in [0.717, 1.165) is 11.5 Å². The predicted molar refractivity (Wildman–Crippen MR) is 86.4 cm³/mol. The van der Waals surface area contributed by atoms with Crippen LogP contribution < -0.4 is 5.32 Å². The fourth-order valence-electron chi connectivity index (χ4n) is 2.57. The van der Waals surface area contributed by atoms with Gasteiger partial charge >= 0.3 is 0 Å². The maximum absolute atomic E-state index is 4.34. The number of nitrogens with zero attached hydrogens (tertiary/aromatic N) is 3. The van der Waals surface area contributed by atoms with Crippen LogP contribution in [0.2, 0.25) is 0 Å². The fraction of sp³-hybridized carbons (Fsp3) is 0.375. The van der Waals surface area contributed by atoms with Gasteiger partial charge in [-0.25, -0.2) is 0 Å². The number of hydrogen-bond donors (Lipinski definition) is 1. The Morgan fingerprint density at radius 2 is 1.95 bits per heavy atom. The predicted octanol–water partition coefficient (Wildman–Crippen LogP) is 3.84. The first kappa shape index (κ1) is 14.2. The molecule has 3 heterocycles. The topological polar surface area (TPSA) is 42.2 Å². The average molecular weight is 300 g/mol. The number of hydrogen-bond acceptors (Lipinski definition) is 4. The van der Waals surface area contributed by atoms with Crippen molar-refractivity contribution in [1.82, 2.24) is 19.9 Å². The Balaban J connectivity index is 1.86. The van der Waals surface area contributed by atoms with E-state index in [9.17, 15) is 0 Å². The molecule has 0 bridgehead atoms. The summed E-state index contributed by atoms with van der Waals surface area (Å²) in [4.78, 5) is 1.37. The van der Waals surface area contributed by atoms with Crippen LogP contribution in [0, 0.1) is 5.92 Å². The van der Waals surface area contributed by atoms with Gasteiger partial charge in [0.15, 0.2) is 11.5 Å². The standard InChI is InChI=1S/C16H20N4S/c1-11(2)15(13-7-6-10-21-13)17-12(3)16-19-18-14-8-4-5-9-20(14)16/h4-12,15,17H,1-3H3. The molecule has 0 saturated carbocycles. The van der Waals surface area contributed by atoms with Crippen LogP contribution in [0.15, 0.2) is 41.9 Å². The van der Waals surface area contributed by atoms with Gasteiger partial charge in [0.25, 0.3) is 0 Å². The molecule has 0 aliphatic carbocycles. The van der Waals surface area contributed by atoms with Crippen molar-refractivity contribution in [1.29, 1.82) is 0 Å². The molecule has 0 aromatic carbocycles. The highest BCUT2D eigenvalue weighted by molar-refractivity contribution is 7.10. The van der Waals surface area contributed by atoms with Crippen molar-refractivity contribution < 1.29 is 0 Å². The van der Waals surface area contributed by atoms with Crippen LogP contribution in [0.4, 0.5) is 0 Å². The Hall–Kier alpha value is -1.72. The monoisotopic (exact) mass is 300 g/mol. The molecule has 4 nitrogen and oxygen atoms in total. The van der Waals surface area contributed by atoms with E-state index in [1.165, 1.54) is 4.88 Å². The molecule has 0 aliphatic heterocycles. The quantitative estimate of drug-likeness (QED) is 0.778. The summed E-state index contributed by atoms with van der Waals surface area (Å²) in [5.41, 5.74) is 0.887. The summed E-state index contributed by atoms with van der Waals surface area (Å²) in [6, 6.07) is 10.7. The largest absolute Gasteiger partial charge is 0.300 e. The minimum absolute atomic E-state index is 0.136. The zero-order valence-electron chi connectivity index (χ0n) is 12.5. The molecule has 0 radical (unpaired) electrons. The van der Waals surface area contributed by atoms with E-state index < -0.39 is 0 Å². The first-order chi connectivity index (χ1) is 10.2. The van der Waals surface area contributed by atoms with Gasteiger partial charge in [-0.1, -0.05) is 26.0 Å². The van der Waals surface area contributed by atoms with Crippen LogP contribution >= 0.6 is 11.3 Å². The summed E-state index contributed by atoms with van der Waals surface area (Å²) in [7, 11) is 0. The van der Waals surface area contributed by atoms with Gasteiger partial charge in [-0.05, 0) is 36.4 Å². The second-order valence-electron chi connectivity index (χ2n) is 5.61. The number of nitrogens with one attached hydrogen (secondary N) is 1. The summed E-state index contributed by atoms with van der Waals surface area (Å²) in [5, 5.41) is 14.4. The van der Waals surface area contributed by atoms with Crippen molar-refractivity contribution in [3.8, 4) is 0 Å². The lowest BCUT2D eigenvalue weighted by Crippen LogP contribution is -2.29. The summed E-state index contributed by atoms with van der Waals surface area (Å²) in [5.74, 6) is 1.47. The van der Waals surface area contributed by atoms with E-state index in [2.05, 4.69) is 53.8 Å². The molecule has 110 valence electrons. The van der Waals surface area contributed by atoms with E-state index in [-0.39, 0.29) is 6.04 Å². The molecule has 2 atom stereocenters. The SMILES string of the molecule is CC(NC(c1cccs1)C(C)C)c1nnc2ccccn12. The molecule has 5 heteroatoms. The first-order valence-corrected chi connectivity index (χ1v) is 8.14. The smallest absolute Gasteiger partial charge is 0.160 e. The number of aromatic nitrogens is 3. The van der Waals surface area contributed by atoms with Crippen LogP contribution in [-0.4, -0.2) is 14.6 Å². The number of thiophene rings is 1. The molecule has 3 rings (SSSR count). The maximum atomic E-state index is 4.34. The fourth-order valence-corrected chi connectivity index (χ4v) is 3.53.